The number of hydrogen-bond acceptors (Lipinski definition) is 2. The van der Waals surface area contributed by atoms with Crippen molar-refractivity contribution < 1.29 is 13.3 Å². The minimum atomic E-state index is -3.19. The van der Waals surface area contributed by atoms with E-state index in [-0.39, 0.29) is 6.04 Å². The van der Waals surface area contributed by atoms with Crippen molar-refractivity contribution in [3.63, 3.8) is 0 Å². The summed E-state index contributed by atoms with van der Waals surface area (Å²) in [5, 5.41) is 0. The van der Waals surface area contributed by atoms with Crippen LogP contribution in [-0.2, 0) is 10.0 Å². The van der Waals surface area contributed by atoms with E-state index in [4.69, 9.17) is 0 Å². The maximum Gasteiger partial charge on any atom is 0.232 e. The molecule has 0 aromatic heterocycles. The highest BCUT2D eigenvalue weighted by Gasteiger charge is 2.46. The van der Waals surface area contributed by atoms with Crippen LogP contribution in [0.3, 0.4) is 0 Å². The second kappa shape index (κ2) is 4.21. The first kappa shape index (κ1) is 12.9. The van der Waals surface area contributed by atoms with Crippen molar-refractivity contribution in [3.8, 4) is 0 Å². The second-order valence-corrected chi connectivity index (χ2v) is 7.85. The topological polar surface area (TPSA) is 41.8 Å². The van der Waals surface area contributed by atoms with Gasteiger partial charge in [0.1, 0.15) is 0 Å². The third kappa shape index (κ3) is 2.05. The molecule has 2 heterocycles. The van der Waals surface area contributed by atoms with Gasteiger partial charge < -0.3 is 4.90 Å². The molecule has 1 fully saturated rings. The summed E-state index contributed by atoms with van der Waals surface area (Å²) in [7, 11) is -1.00. The fourth-order valence-corrected chi connectivity index (χ4v) is 4.85. The Bertz CT molecular complexity index is 612. The van der Waals surface area contributed by atoms with E-state index in [0.29, 0.717) is 5.92 Å². The molecule has 1 aromatic carbocycles. The molecule has 2 aliphatic heterocycles. The number of aryl methyl sites for hydroxylation is 1. The lowest BCUT2D eigenvalue weighted by atomic mass is 9.89. The van der Waals surface area contributed by atoms with Gasteiger partial charge >= 0.3 is 0 Å². The number of benzene rings is 1. The summed E-state index contributed by atoms with van der Waals surface area (Å²) in [6.45, 7) is 4.13. The molecular weight excluding hydrogens is 260 g/mol. The van der Waals surface area contributed by atoms with Crippen LogP contribution >= 0.6 is 0 Å². The minimum Gasteiger partial charge on any atom is -0.337 e. The minimum absolute atomic E-state index is 0.121. The van der Waals surface area contributed by atoms with Gasteiger partial charge in [-0.1, -0.05) is 17.7 Å². The van der Waals surface area contributed by atoms with E-state index < -0.39 is 10.0 Å². The highest BCUT2D eigenvalue weighted by molar-refractivity contribution is 7.92. The van der Waals surface area contributed by atoms with Crippen LogP contribution in [0.2, 0.25) is 0 Å². The quantitative estimate of drug-likeness (QED) is 0.796. The van der Waals surface area contributed by atoms with E-state index in [1.165, 1.54) is 22.3 Å². The molecule has 0 amide bonds. The summed E-state index contributed by atoms with van der Waals surface area (Å²) < 4.78 is 25.9. The van der Waals surface area contributed by atoms with Crippen molar-refractivity contribution >= 4 is 15.7 Å². The fraction of sp³-hybridized carbons (Fsp3) is 0.571. The Hall–Kier alpha value is -1.07. The van der Waals surface area contributed by atoms with Crippen molar-refractivity contribution in [2.75, 3.05) is 30.7 Å². The number of likely N-dealkylation sites (tertiary alicyclic amines) is 1. The Kier molecular flexibility index (Phi) is 2.87. The molecule has 0 aliphatic carbocycles. The van der Waals surface area contributed by atoms with Crippen LogP contribution in [0.4, 0.5) is 5.69 Å². The van der Waals surface area contributed by atoms with Gasteiger partial charge in [0.05, 0.1) is 44.0 Å². The molecule has 1 saturated heterocycles. The van der Waals surface area contributed by atoms with Crippen molar-refractivity contribution in [3.05, 3.63) is 29.3 Å². The molecule has 0 spiro atoms. The van der Waals surface area contributed by atoms with Gasteiger partial charge in [-0.2, -0.15) is 0 Å². The van der Waals surface area contributed by atoms with Crippen LogP contribution in [0.15, 0.2) is 18.2 Å². The van der Waals surface area contributed by atoms with E-state index in [1.807, 2.05) is 12.1 Å². The van der Waals surface area contributed by atoms with Crippen molar-refractivity contribution in [2.24, 2.45) is 0 Å². The largest absolute Gasteiger partial charge is 0.337 e. The van der Waals surface area contributed by atoms with Crippen LogP contribution in [0.25, 0.3) is 0 Å². The zero-order valence-electron chi connectivity index (χ0n) is 11.7. The zero-order chi connectivity index (χ0) is 13.8. The first-order valence-electron chi connectivity index (χ1n) is 6.79. The molecule has 104 valence electrons. The van der Waals surface area contributed by atoms with Crippen LogP contribution in [0.1, 0.15) is 23.5 Å². The molecule has 0 saturated carbocycles. The third-order valence-corrected chi connectivity index (χ3v) is 5.56. The zero-order valence-corrected chi connectivity index (χ0v) is 12.5. The monoisotopic (exact) mass is 281 g/mol. The molecule has 5 heteroatoms. The molecule has 1 N–H and O–H groups in total. The van der Waals surface area contributed by atoms with Gasteiger partial charge in [-0.3, -0.25) is 4.31 Å². The Morgan fingerprint density at radius 1 is 1.37 bits per heavy atom. The number of rotatable bonds is 1. The number of quaternary nitrogens is 1. The Morgan fingerprint density at radius 2 is 2.11 bits per heavy atom. The number of fused-ring (bicyclic) bond motifs is 3. The molecular formula is C14H21N2O2S+. The molecule has 1 unspecified atom stereocenters. The Balaban J connectivity index is 2.15. The van der Waals surface area contributed by atoms with E-state index in [0.717, 1.165) is 25.2 Å². The number of nitrogens with zero attached hydrogens (tertiary/aromatic N) is 1. The number of hydrogen-bond donors (Lipinski definition) is 1. The van der Waals surface area contributed by atoms with Gasteiger partial charge in [-0.15, -0.1) is 0 Å². The first-order chi connectivity index (χ1) is 8.88. The van der Waals surface area contributed by atoms with Crippen LogP contribution in [-0.4, -0.2) is 40.9 Å². The molecule has 3 rings (SSSR count). The van der Waals surface area contributed by atoms with Gasteiger partial charge in [-0.05, 0) is 18.6 Å². The van der Waals surface area contributed by atoms with Crippen LogP contribution in [0, 0.1) is 6.92 Å². The molecule has 0 radical (unpaired) electrons. The third-order valence-electron chi connectivity index (χ3n) is 4.38. The first-order valence-corrected chi connectivity index (χ1v) is 8.64. The van der Waals surface area contributed by atoms with Crippen molar-refractivity contribution in [1.82, 2.24) is 0 Å². The molecule has 0 bridgehead atoms. The number of nitrogens with one attached hydrogen (secondary N) is 1. The number of sulfonamides is 1. The van der Waals surface area contributed by atoms with E-state index in [9.17, 15) is 8.42 Å². The summed E-state index contributed by atoms with van der Waals surface area (Å²) >= 11 is 0. The van der Waals surface area contributed by atoms with Gasteiger partial charge in [0.15, 0.2) is 0 Å². The van der Waals surface area contributed by atoms with Crippen molar-refractivity contribution in [2.45, 2.75) is 25.3 Å². The van der Waals surface area contributed by atoms with Crippen LogP contribution in [0.5, 0.6) is 0 Å². The standard InChI is InChI=1S/C14H20N2O2S/c1-10-4-5-13-11(8-10)12-9-15(2)7-6-14(12)16(13)19(3,17)18/h4-5,8,12,14H,6-7,9H2,1-3H3/p+1/t12-,14+/m0/s1. The smallest absolute Gasteiger partial charge is 0.232 e. The Labute approximate surface area is 115 Å². The summed E-state index contributed by atoms with van der Waals surface area (Å²) in [5.41, 5.74) is 3.32. The summed E-state index contributed by atoms with van der Waals surface area (Å²) in [6.07, 6.45) is 2.27. The fourth-order valence-electron chi connectivity index (χ4n) is 3.58. The highest BCUT2D eigenvalue weighted by atomic mass is 32.2. The predicted octanol–water partition coefficient (Wildman–Crippen LogP) is 0.145. The summed E-state index contributed by atoms with van der Waals surface area (Å²) in [4.78, 5) is 1.49. The molecule has 4 nitrogen and oxygen atoms in total. The van der Waals surface area contributed by atoms with Gasteiger partial charge in [0.2, 0.25) is 10.0 Å². The van der Waals surface area contributed by atoms with Gasteiger partial charge in [0.25, 0.3) is 0 Å². The average molecular weight is 281 g/mol. The van der Waals surface area contributed by atoms with E-state index in [2.05, 4.69) is 20.0 Å². The number of piperidine rings is 1. The number of anilines is 1. The van der Waals surface area contributed by atoms with Crippen molar-refractivity contribution in [1.29, 1.82) is 0 Å². The predicted molar refractivity (Wildman–Crippen MR) is 76.3 cm³/mol. The lowest BCUT2D eigenvalue weighted by Gasteiger charge is -2.34. The molecule has 3 atom stereocenters. The lowest BCUT2D eigenvalue weighted by molar-refractivity contribution is -0.886. The second-order valence-electron chi connectivity index (χ2n) is 5.99. The molecule has 1 aromatic rings. The SMILES string of the molecule is Cc1ccc2c(c1)[C@@H]1C[NH+](C)CC[C@H]1N2S(C)(=O)=O. The van der Waals surface area contributed by atoms with E-state index >= 15 is 0 Å². The Morgan fingerprint density at radius 3 is 2.79 bits per heavy atom. The maximum atomic E-state index is 12.1. The average Bonchev–Trinajstić information content (AvgIpc) is 2.62. The summed E-state index contributed by atoms with van der Waals surface area (Å²) in [6, 6.07) is 6.26. The van der Waals surface area contributed by atoms with Crippen LogP contribution < -0.4 is 9.21 Å². The maximum absolute atomic E-state index is 12.1. The van der Waals surface area contributed by atoms with E-state index in [1.54, 1.807) is 4.31 Å². The summed E-state index contributed by atoms with van der Waals surface area (Å²) in [5.74, 6) is 0.346. The van der Waals surface area contributed by atoms with Gasteiger partial charge in [-0.25, -0.2) is 8.42 Å². The highest BCUT2D eigenvalue weighted by Crippen LogP contribution is 2.44. The number of likely N-dealkylation sites (N-methyl/N-ethyl adjacent to an activating group) is 1. The molecule has 19 heavy (non-hydrogen) atoms. The lowest BCUT2D eigenvalue weighted by Crippen LogP contribution is -3.11. The normalized spacial score (nSPS) is 30.1. The molecule has 2 aliphatic rings. The van der Waals surface area contributed by atoms with Gasteiger partial charge in [0, 0.05) is 6.42 Å².